The molecule has 5 heteroatoms. The number of aliphatic hydroxyl groups excluding tert-OH is 1. The number of carbonyl (C=O) groups is 1. The number of carbonyl (C=O) groups excluding carboxylic acids is 1. The molecule has 1 aromatic rings. The van der Waals surface area contributed by atoms with Gasteiger partial charge >= 0.3 is 0 Å². The van der Waals surface area contributed by atoms with Gasteiger partial charge in [-0.1, -0.05) is 15.9 Å². The Morgan fingerprint density at radius 3 is 2.59 bits per heavy atom. The first-order valence-corrected chi connectivity index (χ1v) is 6.23. The summed E-state index contributed by atoms with van der Waals surface area (Å²) in [6.45, 7) is -0.0274. The third kappa shape index (κ3) is 3.44. The maximum atomic E-state index is 11.5. The Labute approximate surface area is 108 Å². The fourth-order valence-corrected chi connectivity index (χ4v) is 1.75. The number of nitrogens with one attached hydrogen (secondary N) is 1. The summed E-state index contributed by atoms with van der Waals surface area (Å²) in [7, 11) is 0. The molecule has 17 heavy (non-hydrogen) atoms. The SMILES string of the molecule is O=C(COc1ccc(Br)cc1)NC1(CO)CC1. The lowest BCUT2D eigenvalue weighted by molar-refractivity contribution is -0.124. The number of rotatable bonds is 5. The zero-order valence-corrected chi connectivity index (χ0v) is 10.9. The van der Waals surface area contributed by atoms with Crippen molar-refractivity contribution in [1.82, 2.24) is 5.32 Å². The Morgan fingerprint density at radius 2 is 2.06 bits per heavy atom. The summed E-state index contributed by atoms with van der Waals surface area (Å²) in [4.78, 5) is 11.5. The summed E-state index contributed by atoms with van der Waals surface area (Å²) in [6.07, 6.45) is 1.68. The summed E-state index contributed by atoms with van der Waals surface area (Å²) < 4.78 is 6.29. The minimum atomic E-state index is -0.375. The van der Waals surface area contributed by atoms with Crippen molar-refractivity contribution in [2.24, 2.45) is 0 Å². The maximum Gasteiger partial charge on any atom is 0.258 e. The molecule has 1 aromatic carbocycles. The van der Waals surface area contributed by atoms with Gasteiger partial charge in [0.05, 0.1) is 12.1 Å². The summed E-state index contributed by atoms with van der Waals surface area (Å²) >= 11 is 3.32. The van der Waals surface area contributed by atoms with Gasteiger partial charge in [0.25, 0.3) is 5.91 Å². The lowest BCUT2D eigenvalue weighted by Gasteiger charge is -2.14. The zero-order chi connectivity index (χ0) is 12.3. The molecular formula is C12H14BrNO3. The second-order valence-electron chi connectivity index (χ2n) is 4.23. The van der Waals surface area contributed by atoms with E-state index in [9.17, 15) is 4.79 Å². The van der Waals surface area contributed by atoms with Crippen molar-refractivity contribution in [1.29, 1.82) is 0 Å². The van der Waals surface area contributed by atoms with Crippen LogP contribution >= 0.6 is 15.9 Å². The summed E-state index contributed by atoms with van der Waals surface area (Å²) in [5.41, 5.74) is -0.375. The fourth-order valence-electron chi connectivity index (χ4n) is 1.49. The average molecular weight is 300 g/mol. The predicted molar refractivity (Wildman–Crippen MR) is 66.8 cm³/mol. The lowest BCUT2D eigenvalue weighted by Crippen LogP contribution is -2.42. The van der Waals surface area contributed by atoms with E-state index in [1.165, 1.54) is 0 Å². The van der Waals surface area contributed by atoms with Gasteiger partial charge in [-0.05, 0) is 37.1 Å². The number of hydrogen-bond donors (Lipinski definition) is 2. The molecule has 1 aliphatic carbocycles. The van der Waals surface area contributed by atoms with Crippen LogP contribution in [0.1, 0.15) is 12.8 Å². The molecule has 0 spiro atoms. The molecule has 0 atom stereocenters. The van der Waals surface area contributed by atoms with Crippen molar-refractivity contribution in [3.8, 4) is 5.75 Å². The fraction of sp³-hybridized carbons (Fsp3) is 0.417. The predicted octanol–water partition coefficient (Wildman–Crippen LogP) is 1.47. The van der Waals surface area contributed by atoms with Crippen molar-refractivity contribution in [3.63, 3.8) is 0 Å². The highest BCUT2D eigenvalue weighted by molar-refractivity contribution is 9.10. The van der Waals surface area contributed by atoms with Gasteiger partial charge in [-0.3, -0.25) is 4.79 Å². The van der Waals surface area contributed by atoms with E-state index in [1.807, 2.05) is 12.1 Å². The molecule has 0 heterocycles. The minimum Gasteiger partial charge on any atom is -0.484 e. The monoisotopic (exact) mass is 299 g/mol. The van der Waals surface area contributed by atoms with Gasteiger partial charge in [0, 0.05) is 4.47 Å². The van der Waals surface area contributed by atoms with Crippen LogP contribution in [-0.2, 0) is 4.79 Å². The third-order valence-corrected chi connectivity index (χ3v) is 3.27. The van der Waals surface area contributed by atoms with Gasteiger partial charge < -0.3 is 15.2 Å². The van der Waals surface area contributed by atoms with E-state index in [4.69, 9.17) is 9.84 Å². The molecule has 0 unspecified atom stereocenters. The van der Waals surface area contributed by atoms with E-state index < -0.39 is 0 Å². The Bertz CT molecular complexity index is 401. The molecule has 0 aromatic heterocycles. The first-order valence-electron chi connectivity index (χ1n) is 5.44. The molecule has 2 N–H and O–H groups in total. The van der Waals surface area contributed by atoms with Gasteiger partial charge in [-0.25, -0.2) is 0 Å². The third-order valence-electron chi connectivity index (χ3n) is 2.74. The van der Waals surface area contributed by atoms with E-state index in [1.54, 1.807) is 12.1 Å². The lowest BCUT2D eigenvalue weighted by atomic mass is 10.3. The van der Waals surface area contributed by atoms with Crippen LogP contribution in [0.3, 0.4) is 0 Å². The number of ether oxygens (including phenoxy) is 1. The molecule has 1 aliphatic rings. The van der Waals surface area contributed by atoms with Crippen molar-refractivity contribution in [2.75, 3.05) is 13.2 Å². The van der Waals surface area contributed by atoms with Gasteiger partial charge in [0.1, 0.15) is 5.75 Å². The average Bonchev–Trinajstić information content (AvgIpc) is 3.09. The van der Waals surface area contributed by atoms with E-state index in [0.717, 1.165) is 17.3 Å². The summed E-state index contributed by atoms with van der Waals surface area (Å²) in [6, 6.07) is 7.28. The number of halogens is 1. The Hall–Kier alpha value is -1.07. The molecule has 92 valence electrons. The van der Waals surface area contributed by atoms with E-state index in [-0.39, 0.29) is 24.7 Å². The highest BCUT2D eigenvalue weighted by Crippen LogP contribution is 2.34. The van der Waals surface area contributed by atoms with E-state index in [0.29, 0.717) is 5.75 Å². The molecule has 1 amide bonds. The first-order chi connectivity index (χ1) is 8.13. The number of benzene rings is 1. The van der Waals surface area contributed by atoms with Crippen LogP contribution in [0, 0.1) is 0 Å². The molecule has 0 radical (unpaired) electrons. The maximum absolute atomic E-state index is 11.5. The van der Waals surface area contributed by atoms with Gasteiger partial charge in [0.2, 0.25) is 0 Å². The molecule has 0 bridgehead atoms. The Morgan fingerprint density at radius 1 is 1.41 bits per heavy atom. The van der Waals surface area contributed by atoms with E-state index >= 15 is 0 Å². The van der Waals surface area contributed by atoms with Crippen molar-refractivity contribution < 1.29 is 14.6 Å². The highest BCUT2D eigenvalue weighted by Gasteiger charge is 2.43. The van der Waals surface area contributed by atoms with Crippen LogP contribution < -0.4 is 10.1 Å². The van der Waals surface area contributed by atoms with Crippen molar-refractivity contribution >= 4 is 21.8 Å². The molecule has 0 aliphatic heterocycles. The second-order valence-corrected chi connectivity index (χ2v) is 5.14. The molecule has 4 nitrogen and oxygen atoms in total. The van der Waals surface area contributed by atoms with Gasteiger partial charge in [-0.2, -0.15) is 0 Å². The molecule has 1 fully saturated rings. The van der Waals surface area contributed by atoms with Crippen LogP contribution in [0.4, 0.5) is 0 Å². The van der Waals surface area contributed by atoms with Crippen LogP contribution in [-0.4, -0.2) is 29.8 Å². The van der Waals surface area contributed by atoms with Crippen molar-refractivity contribution in [2.45, 2.75) is 18.4 Å². The summed E-state index contributed by atoms with van der Waals surface area (Å²) in [5, 5.41) is 11.8. The smallest absolute Gasteiger partial charge is 0.258 e. The molecule has 1 saturated carbocycles. The first kappa shape index (κ1) is 12.4. The number of hydrogen-bond acceptors (Lipinski definition) is 3. The van der Waals surface area contributed by atoms with Crippen LogP contribution in [0.2, 0.25) is 0 Å². The number of amides is 1. The quantitative estimate of drug-likeness (QED) is 0.866. The van der Waals surface area contributed by atoms with Crippen LogP contribution in [0.5, 0.6) is 5.75 Å². The topological polar surface area (TPSA) is 58.6 Å². The highest BCUT2D eigenvalue weighted by atomic mass is 79.9. The molecular weight excluding hydrogens is 286 g/mol. The molecule has 2 rings (SSSR count). The van der Waals surface area contributed by atoms with Crippen LogP contribution in [0.25, 0.3) is 0 Å². The molecule has 0 saturated heterocycles. The Kier molecular flexibility index (Phi) is 3.69. The van der Waals surface area contributed by atoms with Gasteiger partial charge in [0.15, 0.2) is 6.61 Å². The zero-order valence-electron chi connectivity index (χ0n) is 9.28. The standard InChI is InChI=1S/C12H14BrNO3/c13-9-1-3-10(4-2-9)17-7-11(16)14-12(8-15)5-6-12/h1-4,15H,5-8H2,(H,14,16). The second kappa shape index (κ2) is 5.06. The summed E-state index contributed by atoms with van der Waals surface area (Å²) in [5.74, 6) is 0.455. The normalized spacial score (nSPS) is 16.4. The number of aliphatic hydroxyl groups is 1. The van der Waals surface area contributed by atoms with Crippen molar-refractivity contribution in [3.05, 3.63) is 28.7 Å². The largest absolute Gasteiger partial charge is 0.484 e. The Balaban J connectivity index is 1.78. The minimum absolute atomic E-state index is 0.00295. The van der Waals surface area contributed by atoms with E-state index in [2.05, 4.69) is 21.2 Å². The van der Waals surface area contributed by atoms with Gasteiger partial charge in [-0.15, -0.1) is 0 Å². The van der Waals surface area contributed by atoms with Crippen LogP contribution in [0.15, 0.2) is 28.7 Å².